The Bertz CT molecular complexity index is 338. The SMILES string of the molecule is CC(C#N)CC1CCC2OC3CCCC2(C3)O1. The second-order valence-corrected chi connectivity index (χ2v) is 5.99. The molecule has 5 unspecified atom stereocenters. The fraction of sp³-hybridized carbons (Fsp3) is 0.929. The van der Waals surface area contributed by atoms with Gasteiger partial charge in [0.05, 0.1) is 30.0 Å². The van der Waals surface area contributed by atoms with Crippen molar-refractivity contribution in [1.82, 2.24) is 0 Å². The van der Waals surface area contributed by atoms with Crippen LogP contribution in [0.25, 0.3) is 0 Å². The first-order valence-corrected chi connectivity index (χ1v) is 6.95. The van der Waals surface area contributed by atoms with Crippen LogP contribution in [0.15, 0.2) is 0 Å². The minimum atomic E-state index is 0.0149. The van der Waals surface area contributed by atoms with Crippen LogP contribution in [0.3, 0.4) is 0 Å². The van der Waals surface area contributed by atoms with E-state index in [1.807, 2.05) is 6.92 Å². The molecule has 0 amide bonds. The number of hydrogen-bond acceptors (Lipinski definition) is 3. The van der Waals surface area contributed by atoms with E-state index < -0.39 is 0 Å². The van der Waals surface area contributed by atoms with E-state index in [-0.39, 0.29) is 17.6 Å². The fourth-order valence-corrected chi connectivity index (χ4v) is 3.84. The van der Waals surface area contributed by atoms with Gasteiger partial charge in [0.15, 0.2) is 0 Å². The molecule has 2 bridgehead atoms. The molecule has 5 atom stereocenters. The predicted octanol–water partition coefficient (Wildman–Crippen LogP) is 2.80. The maximum Gasteiger partial charge on any atom is 0.0971 e. The molecular weight excluding hydrogens is 214 g/mol. The molecule has 17 heavy (non-hydrogen) atoms. The number of ether oxygens (including phenoxy) is 2. The lowest BCUT2D eigenvalue weighted by molar-refractivity contribution is -0.168. The fourth-order valence-electron chi connectivity index (χ4n) is 3.84. The van der Waals surface area contributed by atoms with Crippen LogP contribution < -0.4 is 0 Å². The molecule has 3 nitrogen and oxygen atoms in total. The van der Waals surface area contributed by atoms with E-state index in [1.54, 1.807) is 0 Å². The average molecular weight is 235 g/mol. The van der Waals surface area contributed by atoms with E-state index in [9.17, 15) is 0 Å². The van der Waals surface area contributed by atoms with E-state index in [4.69, 9.17) is 14.7 Å². The third kappa shape index (κ3) is 1.98. The van der Waals surface area contributed by atoms with Crippen molar-refractivity contribution in [3.63, 3.8) is 0 Å². The summed E-state index contributed by atoms with van der Waals surface area (Å²) in [5.41, 5.74) is 0.0149. The topological polar surface area (TPSA) is 42.2 Å². The van der Waals surface area contributed by atoms with E-state index in [0.717, 1.165) is 32.1 Å². The lowest BCUT2D eigenvalue weighted by atomic mass is 9.78. The van der Waals surface area contributed by atoms with Gasteiger partial charge < -0.3 is 9.47 Å². The second-order valence-electron chi connectivity index (χ2n) is 5.99. The molecule has 94 valence electrons. The predicted molar refractivity (Wildman–Crippen MR) is 63.4 cm³/mol. The summed E-state index contributed by atoms with van der Waals surface area (Å²) in [6.45, 7) is 1.99. The van der Waals surface area contributed by atoms with Gasteiger partial charge in [-0.2, -0.15) is 5.26 Å². The van der Waals surface area contributed by atoms with Gasteiger partial charge >= 0.3 is 0 Å². The van der Waals surface area contributed by atoms with Crippen molar-refractivity contribution in [2.75, 3.05) is 0 Å². The monoisotopic (exact) mass is 235 g/mol. The van der Waals surface area contributed by atoms with E-state index in [2.05, 4.69) is 6.07 Å². The Kier molecular flexibility index (Phi) is 2.88. The van der Waals surface area contributed by atoms with Gasteiger partial charge in [0.2, 0.25) is 0 Å². The van der Waals surface area contributed by atoms with Crippen molar-refractivity contribution in [2.24, 2.45) is 5.92 Å². The highest BCUT2D eigenvalue weighted by atomic mass is 16.6. The molecule has 0 radical (unpaired) electrons. The van der Waals surface area contributed by atoms with E-state index >= 15 is 0 Å². The summed E-state index contributed by atoms with van der Waals surface area (Å²) in [5.74, 6) is 0.106. The Balaban J connectivity index is 1.69. The van der Waals surface area contributed by atoms with Crippen LogP contribution in [0.5, 0.6) is 0 Å². The third-order valence-corrected chi connectivity index (χ3v) is 4.63. The Morgan fingerprint density at radius 3 is 3.12 bits per heavy atom. The first-order chi connectivity index (χ1) is 8.22. The van der Waals surface area contributed by atoms with Gasteiger partial charge in [-0.05, 0) is 45.4 Å². The highest BCUT2D eigenvalue weighted by molar-refractivity contribution is 5.04. The van der Waals surface area contributed by atoms with Gasteiger partial charge in [-0.1, -0.05) is 0 Å². The minimum Gasteiger partial charge on any atom is -0.372 e. The number of fused-ring (bicyclic) bond motifs is 1. The standard InChI is InChI=1S/C14H21NO2/c1-10(9-15)7-11-4-5-13-14(17-11)6-2-3-12(8-14)16-13/h10-13H,2-8H2,1H3. The Labute approximate surface area is 103 Å². The molecule has 0 N–H and O–H groups in total. The number of nitrogens with zero attached hydrogens (tertiary/aromatic N) is 1. The molecule has 0 aromatic carbocycles. The molecule has 2 aliphatic heterocycles. The van der Waals surface area contributed by atoms with Crippen molar-refractivity contribution >= 4 is 0 Å². The second kappa shape index (κ2) is 4.26. The van der Waals surface area contributed by atoms with Crippen molar-refractivity contribution in [3.05, 3.63) is 0 Å². The number of rotatable bonds is 2. The molecule has 1 spiro atoms. The third-order valence-electron chi connectivity index (χ3n) is 4.63. The van der Waals surface area contributed by atoms with Gasteiger partial charge in [-0.3, -0.25) is 0 Å². The summed E-state index contributed by atoms with van der Waals surface area (Å²) in [5, 5.41) is 8.90. The smallest absolute Gasteiger partial charge is 0.0971 e. The van der Waals surface area contributed by atoms with Gasteiger partial charge in [0.1, 0.15) is 0 Å². The molecule has 0 aromatic heterocycles. The Morgan fingerprint density at radius 1 is 1.41 bits per heavy atom. The first kappa shape index (κ1) is 11.5. The van der Waals surface area contributed by atoms with Crippen molar-refractivity contribution in [2.45, 2.75) is 75.8 Å². The van der Waals surface area contributed by atoms with Crippen LogP contribution >= 0.6 is 0 Å². The molecule has 2 heterocycles. The molecule has 3 heteroatoms. The summed E-state index contributed by atoms with van der Waals surface area (Å²) >= 11 is 0. The number of nitriles is 1. The largest absolute Gasteiger partial charge is 0.372 e. The Morgan fingerprint density at radius 2 is 2.29 bits per heavy atom. The molecule has 0 aromatic rings. The molecule has 1 aliphatic carbocycles. The van der Waals surface area contributed by atoms with Gasteiger partial charge in [0.25, 0.3) is 0 Å². The average Bonchev–Trinajstić information content (AvgIpc) is 2.58. The molecule has 3 rings (SSSR count). The quantitative estimate of drug-likeness (QED) is 0.739. The minimum absolute atomic E-state index is 0.0149. The molecular formula is C14H21NO2. The van der Waals surface area contributed by atoms with Crippen molar-refractivity contribution in [1.29, 1.82) is 5.26 Å². The van der Waals surface area contributed by atoms with Gasteiger partial charge in [0, 0.05) is 12.3 Å². The van der Waals surface area contributed by atoms with Crippen molar-refractivity contribution < 1.29 is 9.47 Å². The van der Waals surface area contributed by atoms with Crippen LogP contribution in [0.2, 0.25) is 0 Å². The van der Waals surface area contributed by atoms with Crippen LogP contribution in [-0.2, 0) is 9.47 Å². The van der Waals surface area contributed by atoms with Crippen molar-refractivity contribution in [3.8, 4) is 6.07 Å². The van der Waals surface area contributed by atoms with Crippen LogP contribution in [-0.4, -0.2) is 23.9 Å². The summed E-state index contributed by atoms with van der Waals surface area (Å²) in [7, 11) is 0. The Hall–Kier alpha value is -0.590. The highest BCUT2D eigenvalue weighted by Gasteiger charge is 2.54. The molecule has 3 aliphatic rings. The summed E-state index contributed by atoms with van der Waals surface area (Å²) in [6, 6.07) is 2.31. The number of hydrogen-bond donors (Lipinski definition) is 0. The maximum absolute atomic E-state index is 8.90. The lowest BCUT2D eigenvalue weighted by Gasteiger charge is -2.43. The summed E-state index contributed by atoms with van der Waals surface area (Å²) in [6.07, 6.45) is 8.83. The van der Waals surface area contributed by atoms with Gasteiger partial charge in [-0.15, -0.1) is 0 Å². The van der Waals surface area contributed by atoms with Crippen LogP contribution in [0.1, 0.15) is 51.9 Å². The zero-order valence-electron chi connectivity index (χ0n) is 10.5. The van der Waals surface area contributed by atoms with E-state index in [1.165, 1.54) is 12.8 Å². The van der Waals surface area contributed by atoms with E-state index in [0.29, 0.717) is 12.2 Å². The highest BCUT2D eigenvalue weighted by Crippen LogP contribution is 2.49. The normalized spacial score (nSPS) is 46.0. The van der Waals surface area contributed by atoms with Crippen LogP contribution in [0.4, 0.5) is 0 Å². The zero-order chi connectivity index (χ0) is 11.9. The van der Waals surface area contributed by atoms with Gasteiger partial charge in [-0.25, -0.2) is 0 Å². The summed E-state index contributed by atoms with van der Waals surface area (Å²) < 4.78 is 12.4. The zero-order valence-corrected chi connectivity index (χ0v) is 10.5. The summed E-state index contributed by atoms with van der Waals surface area (Å²) in [4.78, 5) is 0. The molecule has 3 fully saturated rings. The molecule has 1 saturated carbocycles. The molecule has 2 saturated heterocycles. The maximum atomic E-state index is 8.90. The first-order valence-electron chi connectivity index (χ1n) is 6.95. The van der Waals surface area contributed by atoms with Crippen LogP contribution in [0, 0.1) is 17.2 Å². The lowest BCUT2D eigenvalue weighted by Crippen LogP contribution is -2.49.